The summed E-state index contributed by atoms with van der Waals surface area (Å²) in [6.07, 6.45) is 5.21. The van der Waals surface area contributed by atoms with Gasteiger partial charge in [0, 0.05) is 25.0 Å². The van der Waals surface area contributed by atoms with Gasteiger partial charge in [-0.25, -0.2) is 18.8 Å². The van der Waals surface area contributed by atoms with Gasteiger partial charge >= 0.3 is 0 Å². The molecule has 2 aromatic heterocycles. The van der Waals surface area contributed by atoms with Crippen molar-refractivity contribution in [3.8, 4) is 11.3 Å². The number of aromatic nitrogens is 3. The number of aromatic amines is 1. The molecule has 1 fully saturated rings. The first-order valence-electron chi connectivity index (χ1n) is 9.12. The second kappa shape index (κ2) is 6.79. The van der Waals surface area contributed by atoms with Crippen LogP contribution in [0.4, 0.5) is 20.3 Å². The molecule has 0 amide bonds. The van der Waals surface area contributed by atoms with Crippen LogP contribution in [0.1, 0.15) is 29.9 Å². The van der Waals surface area contributed by atoms with E-state index in [4.69, 9.17) is 4.74 Å². The molecule has 0 unspecified atom stereocenters. The van der Waals surface area contributed by atoms with E-state index in [2.05, 4.69) is 25.5 Å². The number of ether oxygens (including phenoxy) is 1. The average Bonchev–Trinajstić information content (AvgIpc) is 3.11. The molecule has 1 saturated heterocycles. The van der Waals surface area contributed by atoms with E-state index in [0.29, 0.717) is 23.1 Å². The molecular formula is C20H17F2N5O. The predicted octanol–water partition coefficient (Wildman–Crippen LogP) is 4.15. The monoisotopic (exact) mass is 381 g/mol. The van der Waals surface area contributed by atoms with Crippen molar-refractivity contribution in [2.24, 2.45) is 4.99 Å². The van der Waals surface area contributed by atoms with E-state index < -0.39 is 11.6 Å². The number of aliphatic imine (C=N–C) groups is 1. The Balaban J connectivity index is 1.62. The number of hydrogen-bond acceptors (Lipinski definition) is 5. The maximum absolute atomic E-state index is 14.3. The van der Waals surface area contributed by atoms with Crippen LogP contribution >= 0.6 is 0 Å². The summed E-state index contributed by atoms with van der Waals surface area (Å²) < 4.78 is 34.1. The van der Waals surface area contributed by atoms with Gasteiger partial charge in [-0.05, 0) is 42.5 Å². The van der Waals surface area contributed by atoms with E-state index in [-0.39, 0.29) is 11.4 Å². The van der Waals surface area contributed by atoms with E-state index >= 15 is 0 Å². The summed E-state index contributed by atoms with van der Waals surface area (Å²) in [5.74, 6) is -0.494. The van der Waals surface area contributed by atoms with Gasteiger partial charge < -0.3 is 10.1 Å². The van der Waals surface area contributed by atoms with Crippen LogP contribution in [0.15, 0.2) is 41.7 Å². The molecule has 0 radical (unpaired) electrons. The first-order valence-corrected chi connectivity index (χ1v) is 9.12. The standard InChI is InChI=1S/C20H17F2N5O/c21-14-2-1-3-15(22)17(14)20-25-16-10-24-27-18(16)13-8-12(9-23-19(13)26-20)11-4-6-28-7-5-11/h1-3,8-11H,4-7H2,(H,24,27)(H,23,25,26). The number of fused-ring (bicyclic) bond motifs is 3. The lowest BCUT2D eigenvalue weighted by molar-refractivity contribution is 0.0853. The molecule has 0 atom stereocenters. The summed E-state index contributed by atoms with van der Waals surface area (Å²) in [6, 6.07) is 5.76. The van der Waals surface area contributed by atoms with Crippen LogP contribution in [0.2, 0.25) is 0 Å². The third-order valence-electron chi connectivity index (χ3n) is 5.16. The van der Waals surface area contributed by atoms with E-state index in [9.17, 15) is 8.78 Å². The Morgan fingerprint density at radius 3 is 2.64 bits per heavy atom. The molecule has 3 aromatic rings. The molecule has 28 heavy (non-hydrogen) atoms. The Morgan fingerprint density at radius 2 is 1.86 bits per heavy atom. The number of nitrogens with one attached hydrogen (secondary N) is 2. The summed E-state index contributed by atoms with van der Waals surface area (Å²) in [5, 5.41) is 10.0. The van der Waals surface area contributed by atoms with Crippen molar-refractivity contribution in [3.63, 3.8) is 0 Å². The van der Waals surface area contributed by atoms with Crippen LogP contribution < -0.4 is 5.32 Å². The molecule has 0 saturated carbocycles. The number of anilines is 1. The fourth-order valence-electron chi connectivity index (χ4n) is 3.69. The zero-order valence-corrected chi connectivity index (χ0v) is 14.9. The third-order valence-corrected chi connectivity index (χ3v) is 5.16. The Hall–Kier alpha value is -3.13. The number of halogens is 2. The van der Waals surface area contributed by atoms with Crippen LogP contribution in [-0.2, 0) is 4.74 Å². The first kappa shape index (κ1) is 17.0. The number of amidine groups is 1. The van der Waals surface area contributed by atoms with Crippen molar-refractivity contribution in [2.45, 2.75) is 18.8 Å². The lowest BCUT2D eigenvalue weighted by atomic mass is 9.91. The van der Waals surface area contributed by atoms with Crippen LogP contribution in [0.3, 0.4) is 0 Å². The normalized spacial score (nSPS) is 16.6. The van der Waals surface area contributed by atoms with E-state index in [0.717, 1.165) is 37.2 Å². The lowest BCUT2D eigenvalue weighted by Crippen LogP contribution is -2.18. The maximum Gasteiger partial charge on any atom is 0.145 e. The van der Waals surface area contributed by atoms with Gasteiger partial charge in [-0.15, -0.1) is 0 Å². The minimum atomic E-state index is -0.696. The van der Waals surface area contributed by atoms with Gasteiger partial charge in [0.15, 0.2) is 0 Å². The molecule has 0 spiro atoms. The minimum absolute atomic E-state index is 0.0586. The van der Waals surface area contributed by atoms with Crippen molar-refractivity contribution < 1.29 is 13.5 Å². The number of hydrogen-bond donors (Lipinski definition) is 2. The van der Waals surface area contributed by atoms with Crippen molar-refractivity contribution >= 4 is 17.3 Å². The van der Waals surface area contributed by atoms with Gasteiger partial charge in [-0.1, -0.05) is 6.07 Å². The molecule has 5 rings (SSSR count). The molecular weight excluding hydrogens is 364 g/mol. The number of nitrogens with zero attached hydrogens (tertiary/aromatic N) is 3. The Labute approximate surface area is 159 Å². The number of H-pyrrole nitrogens is 1. The van der Waals surface area contributed by atoms with E-state index in [1.807, 2.05) is 6.07 Å². The van der Waals surface area contributed by atoms with Crippen LogP contribution in [0.25, 0.3) is 11.3 Å². The summed E-state index contributed by atoms with van der Waals surface area (Å²) >= 11 is 0. The fourth-order valence-corrected chi connectivity index (χ4v) is 3.69. The second-order valence-electron chi connectivity index (χ2n) is 6.86. The molecule has 2 N–H and O–H groups in total. The Bertz CT molecular complexity index is 1050. The fraction of sp³-hybridized carbons (Fsp3) is 0.250. The predicted molar refractivity (Wildman–Crippen MR) is 101 cm³/mol. The highest BCUT2D eigenvalue weighted by atomic mass is 19.1. The van der Waals surface area contributed by atoms with Gasteiger partial charge in [0.25, 0.3) is 0 Å². The molecule has 2 aliphatic rings. The molecule has 0 bridgehead atoms. The molecule has 8 heteroatoms. The van der Waals surface area contributed by atoms with Crippen LogP contribution in [0.5, 0.6) is 0 Å². The minimum Gasteiger partial charge on any atom is -0.381 e. The van der Waals surface area contributed by atoms with E-state index in [1.54, 1.807) is 6.20 Å². The smallest absolute Gasteiger partial charge is 0.145 e. The SMILES string of the molecule is Fc1cccc(F)c1C1=Nc2cn[nH]c2-c2cc(C3CCOCC3)cnc2N1. The summed E-state index contributed by atoms with van der Waals surface area (Å²) in [7, 11) is 0. The van der Waals surface area contributed by atoms with Crippen molar-refractivity contribution in [1.29, 1.82) is 0 Å². The van der Waals surface area contributed by atoms with Crippen molar-refractivity contribution in [2.75, 3.05) is 18.5 Å². The molecule has 142 valence electrons. The van der Waals surface area contributed by atoms with Gasteiger partial charge in [0.05, 0.1) is 17.5 Å². The van der Waals surface area contributed by atoms with Crippen molar-refractivity contribution in [3.05, 3.63) is 59.4 Å². The topological polar surface area (TPSA) is 75.2 Å². The second-order valence-corrected chi connectivity index (χ2v) is 6.86. The van der Waals surface area contributed by atoms with Crippen molar-refractivity contribution in [1.82, 2.24) is 15.2 Å². The largest absolute Gasteiger partial charge is 0.381 e. The Morgan fingerprint density at radius 1 is 1.07 bits per heavy atom. The summed E-state index contributed by atoms with van der Waals surface area (Å²) in [4.78, 5) is 8.96. The first-order chi connectivity index (χ1) is 13.7. The lowest BCUT2D eigenvalue weighted by Gasteiger charge is -2.23. The highest BCUT2D eigenvalue weighted by molar-refractivity contribution is 6.12. The molecule has 6 nitrogen and oxygen atoms in total. The van der Waals surface area contributed by atoms with E-state index in [1.165, 1.54) is 24.4 Å². The highest BCUT2D eigenvalue weighted by Crippen LogP contribution is 2.38. The van der Waals surface area contributed by atoms with Gasteiger partial charge in [0.1, 0.15) is 29.0 Å². The molecule has 0 aliphatic carbocycles. The number of benzene rings is 1. The van der Waals surface area contributed by atoms with Gasteiger partial charge in [-0.3, -0.25) is 5.10 Å². The average molecular weight is 381 g/mol. The third kappa shape index (κ3) is 2.86. The molecule has 2 aliphatic heterocycles. The highest BCUT2D eigenvalue weighted by Gasteiger charge is 2.25. The van der Waals surface area contributed by atoms with Gasteiger partial charge in [0.2, 0.25) is 0 Å². The van der Waals surface area contributed by atoms with Gasteiger partial charge in [-0.2, -0.15) is 5.10 Å². The maximum atomic E-state index is 14.3. The quantitative estimate of drug-likeness (QED) is 0.699. The molecule has 1 aromatic carbocycles. The summed E-state index contributed by atoms with van der Waals surface area (Å²) in [5.41, 5.74) is 2.81. The van der Waals surface area contributed by atoms with Crippen LogP contribution in [-0.4, -0.2) is 34.2 Å². The number of rotatable bonds is 2. The number of pyridine rings is 1. The zero-order valence-electron chi connectivity index (χ0n) is 14.9. The Kier molecular flexibility index (Phi) is 4.12. The molecule has 4 heterocycles. The van der Waals surface area contributed by atoms with Crippen LogP contribution in [0, 0.1) is 11.6 Å². The zero-order chi connectivity index (χ0) is 19.1. The summed E-state index contributed by atoms with van der Waals surface area (Å²) in [6.45, 7) is 1.46.